The summed E-state index contributed by atoms with van der Waals surface area (Å²) in [5.41, 5.74) is 1.99. The molecule has 0 aromatic heterocycles. The topological polar surface area (TPSA) is 29.5 Å². The van der Waals surface area contributed by atoms with Crippen molar-refractivity contribution in [1.29, 1.82) is 0 Å². The predicted octanol–water partition coefficient (Wildman–Crippen LogP) is 3.57. The molecule has 0 aliphatic carbocycles. The van der Waals surface area contributed by atoms with Crippen molar-refractivity contribution >= 4 is 15.9 Å². The van der Waals surface area contributed by atoms with Crippen LogP contribution in [0.2, 0.25) is 0 Å². The first-order chi connectivity index (χ1) is 6.91. The van der Waals surface area contributed by atoms with Crippen LogP contribution in [-0.2, 0) is 6.42 Å². The van der Waals surface area contributed by atoms with Crippen LogP contribution in [0, 0.1) is 6.92 Å². The lowest BCUT2D eigenvalue weighted by atomic mass is 9.93. The molecule has 3 heteroatoms. The molecule has 1 aliphatic heterocycles. The van der Waals surface area contributed by atoms with Crippen LogP contribution in [-0.4, -0.2) is 10.7 Å². The van der Waals surface area contributed by atoms with E-state index in [0.717, 1.165) is 34.2 Å². The van der Waals surface area contributed by atoms with Crippen LogP contribution in [0.3, 0.4) is 0 Å². The van der Waals surface area contributed by atoms with E-state index in [2.05, 4.69) is 29.8 Å². The number of phenolic OH excluding ortho intramolecular Hbond substituents is 1. The van der Waals surface area contributed by atoms with Gasteiger partial charge in [0.2, 0.25) is 0 Å². The number of aryl methyl sites for hydroxylation is 1. The van der Waals surface area contributed by atoms with Gasteiger partial charge in [-0.05, 0) is 61.2 Å². The Kier molecular flexibility index (Phi) is 2.45. The third-order valence-corrected chi connectivity index (χ3v) is 3.87. The second-order valence-corrected chi connectivity index (χ2v) is 5.48. The molecule has 0 unspecified atom stereocenters. The van der Waals surface area contributed by atoms with Crippen molar-refractivity contribution in [3.8, 4) is 11.5 Å². The minimum Gasteiger partial charge on any atom is -0.507 e. The smallest absolute Gasteiger partial charge is 0.130 e. The highest BCUT2D eigenvalue weighted by atomic mass is 79.9. The summed E-state index contributed by atoms with van der Waals surface area (Å²) in [5.74, 6) is 1.23. The second kappa shape index (κ2) is 3.41. The van der Waals surface area contributed by atoms with Crippen molar-refractivity contribution in [2.45, 2.75) is 39.2 Å². The van der Waals surface area contributed by atoms with Gasteiger partial charge in [0.05, 0.1) is 4.47 Å². The molecule has 0 spiro atoms. The Bertz CT molecular complexity index is 411. The van der Waals surface area contributed by atoms with Crippen LogP contribution in [0.5, 0.6) is 11.5 Å². The number of phenols is 1. The van der Waals surface area contributed by atoms with Crippen LogP contribution in [0.4, 0.5) is 0 Å². The lowest BCUT2D eigenvalue weighted by Gasteiger charge is -2.34. The third kappa shape index (κ3) is 1.85. The van der Waals surface area contributed by atoms with E-state index in [1.165, 1.54) is 0 Å². The monoisotopic (exact) mass is 270 g/mol. The van der Waals surface area contributed by atoms with E-state index in [9.17, 15) is 5.11 Å². The summed E-state index contributed by atoms with van der Waals surface area (Å²) in [7, 11) is 0. The molecular weight excluding hydrogens is 256 g/mol. The summed E-state index contributed by atoms with van der Waals surface area (Å²) in [6, 6.07) is 1.79. The van der Waals surface area contributed by atoms with Crippen LogP contribution in [0.15, 0.2) is 10.5 Å². The fraction of sp³-hybridized carbons (Fsp3) is 0.500. The lowest BCUT2D eigenvalue weighted by molar-refractivity contribution is 0.0834. The quantitative estimate of drug-likeness (QED) is 0.781. The maximum Gasteiger partial charge on any atom is 0.130 e. The summed E-state index contributed by atoms with van der Waals surface area (Å²) < 4.78 is 6.68. The van der Waals surface area contributed by atoms with Gasteiger partial charge in [-0.1, -0.05) is 0 Å². The van der Waals surface area contributed by atoms with Crippen molar-refractivity contribution in [3.05, 3.63) is 21.7 Å². The molecule has 2 rings (SSSR count). The van der Waals surface area contributed by atoms with Gasteiger partial charge in [0.25, 0.3) is 0 Å². The minimum atomic E-state index is -0.103. The molecule has 1 aromatic rings. The Labute approximate surface area is 98.4 Å². The van der Waals surface area contributed by atoms with E-state index in [1.54, 1.807) is 6.07 Å². The molecule has 1 heterocycles. The number of hydrogen-bond donors (Lipinski definition) is 1. The van der Waals surface area contributed by atoms with Crippen molar-refractivity contribution in [3.63, 3.8) is 0 Å². The van der Waals surface area contributed by atoms with Crippen LogP contribution in [0.1, 0.15) is 31.4 Å². The minimum absolute atomic E-state index is 0.103. The van der Waals surface area contributed by atoms with Crippen LogP contribution in [0.25, 0.3) is 0 Å². The van der Waals surface area contributed by atoms with Crippen molar-refractivity contribution in [2.24, 2.45) is 0 Å². The van der Waals surface area contributed by atoms with Gasteiger partial charge in [-0.3, -0.25) is 0 Å². The summed E-state index contributed by atoms with van der Waals surface area (Å²) in [4.78, 5) is 0. The van der Waals surface area contributed by atoms with Gasteiger partial charge >= 0.3 is 0 Å². The highest BCUT2D eigenvalue weighted by molar-refractivity contribution is 9.10. The number of fused-ring (bicyclic) bond motifs is 1. The maximum absolute atomic E-state index is 9.68. The Balaban J connectivity index is 2.55. The fourth-order valence-corrected chi connectivity index (χ4v) is 2.21. The molecule has 0 saturated heterocycles. The molecule has 15 heavy (non-hydrogen) atoms. The number of benzene rings is 1. The molecule has 0 amide bonds. The van der Waals surface area contributed by atoms with E-state index in [-0.39, 0.29) is 5.60 Å². The molecular formula is C12H15BrO2. The molecule has 0 radical (unpaired) electrons. The standard InChI is InChI=1S/C12H15BrO2/c1-7-10(13)9(14)6-8-4-5-12(2,3)15-11(7)8/h6,14H,4-5H2,1-3H3. The normalized spacial score (nSPS) is 18.1. The van der Waals surface area contributed by atoms with E-state index >= 15 is 0 Å². The summed E-state index contributed by atoms with van der Waals surface area (Å²) >= 11 is 3.37. The summed E-state index contributed by atoms with van der Waals surface area (Å²) in [5, 5.41) is 9.68. The molecule has 0 saturated carbocycles. The fourth-order valence-electron chi connectivity index (χ4n) is 1.92. The van der Waals surface area contributed by atoms with Gasteiger partial charge in [-0.25, -0.2) is 0 Å². The SMILES string of the molecule is Cc1c(Br)c(O)cc2c1OC(C)(C)CC2. The zero-order chi connectivity index (χ0) is 11.2. The zero-order valence-corrected chi connectivity index (χ0v) is 10.8. The van der Waals surface area contributed by atoms with Crippen molar-refractivity contribution < 1.29 is 9.84 Å². The van der Waals surface area contributed by atoms with Gasteiger partial charge in [0.15, 0.2) is 0 Å². The Morgan fingerprint density at radius 1 is 1.47 bits per heavy atom. The van der Waals surface area contributed by atoms with E-state index < -0.39 is 0 Å². The van der Waals surface area contributed by atoms with E-state index in [0.29, 0.717) is 5.75 Å². The first-order valence-electron chi connectivity index (χ1n) is 5.11. The van der Waals surface area contributed by atoms with Gasteiger partial charge in [-0.2, -0.15) is 0 Å². The zero-order valence-electron chi connectivity index (χ0n) is 9.22. The van der Waals surface area contributed by atoms with Crippen LogP contribution < -0.4 is 4.74 Å². The Hall–Kier alpha value is -0.700. The first-order valence-corrected chi connectivity index (χ1v) is 5.90. The average molecular weight is 271 g/mol. The molecule has 0 bridgehead atoms. The number of ether oxygens (including phenoxy) is 1. The number of halogens is 1. The van der Waals surface area contributed by atoms with Crippen molar-refractivity contribution in [2.75, 3.05) is 0 Å². The molecule has 1 aromatic carbocycles. The van der Waals surface area contributed by atoms with Crippen molar-refractivity contribution in [1.82, 2.24) is 0 Å². The van der Waals surface area contributed by atoms with E-state index in [4.69, 9.17) is 4.74 Å². The van der Waals surface area contributed by atoms with Gasteiger partial charge < -0.3 is 9.84 Å². The molecule has 1 aliphatic rings. The lowest BCUT2D eigenvalue weighted by Crippen LogP contribution is -2.33. The molecule has 2 nitrogen and oxygen atoms in total. The molecule has 0 atom stereocenters. The predicted molar refractivity (Wildman–Crippen MR) is 63.6 cm³/mol. The Morgan fingerprint density at radius 3 is 2.80 bits per heavy atom. The van der Waals surface area contributed by atoms with Gasteiger partial charge in [0, 0.05) is 5.56 Å². The second-order valence-electron chi connectivity index (χ2n) is 4.68. The molecule has 0 fully saturated rings. The largest absolute Gasteiger partial charge is 0.507 e. The average Bonchev–Trinajstić information content (AvgIpc) is 2.16. The summed E-state index contributed by atoms with van der Waals surface area (Å²) in [6.45, 7) is 6.15. The van der Waals surface area contributed by atoms with Gasteiger partial charge in [-0.15, -0.1) is 0 Å². The van der Waals surface area contributed by atoms with Gasteiger partial charge in [0.1, 0.15) is 17.1 Å². The molecule has 1 N–H and O–H groups in total. The Morgan fingerprint density at radius 2 is 2.13 bits per heavy atom. The number of hydrogen-bond acceptors (Lipinski definition) is 2. The van der Waals surface area contributed by atoms with E-state index in [1.807, 2.05) is 6.92 Å². The van der Waals surface area contributed by atoms with Crippen LogP contribution >= 0.6 is 15.9 Å². The summed E-state index contributed by atoms with van der Waals surface area (Å²) in [6.07, 6.45) is 1.95. The highest BCUT2D eigenvalue weighted by Gasteiger charge is 2.29. The molecule has 82 valence electrons. The highest BCUT2D eigenvalue weighted by Crippen LogP contribution is 2.42. The third-order valence-electron chi connectivity index (χ3n) is 2.87. The first kappa shape index (κ1) is 10.8. The maximum atomic E-state index is 9.68. The number of aromatic hydroxyl groups is 1. The number of rotatable bonds is 0.